The average molecular weight is 205 g/mol. The maximum atomic E-state index is 9.53. The van der Waals surface area contributed by atoms with Crippen LogP contribution in [-0.2, 0) is 0 Å². The van der Waals surface area contributed by atoms with Gasteiger partial charge in [0.05, 0.1) is 0 Å². The lowest BCUT2D eigenvalue weighted by molar-refractivity contribution is 0.397. The summed E-state index contributed by atoms with van der Waals surface area (Å²) in [5.74, 6) is 0.0652. The number of nitrogens with zero attached hydrogens (tertiary/aromatic N) is 1. The first-order valence-corrected chi connectivity index (χ1v) is 4.89. The van der Waals surface area contributed by atoms with Gasteiger partial charge in [-0.25, -0.2) is 4.99 Å². The summed E-state index contributed by atoms with van der Waals surface area (Å²) in [6.45, 7) is 12.9. The SMILES string of the molecule is C=N/C(O)=C(\C=C/C)C(C)/C=C\C(=C)C. The molecular formula is C13H19NO. The van der Waals surface area contributed by atoms with E-state index in [1.807, 2.05) is 45.1 Å². The van der Waals surface area contributed by atoms with E-state index < -0.39 is 0 Å². The number of allylic oxidation sites excluding steroid dienone is 6. The summed E-state index contributed by atoms with van der Waals surface area (Å²) in [6.07, 6.45) is 7.59. The zero-order valence-electron chi connectivity index (χ0n) is 9.70. The molecule has 0 aliphatic carbocycles. The van der Waals surface area contributed by atoms with Crippen LogP contribution in [0.2, 0.25) is 0 Å². The van der Waals surface area contributed by atoms with Crippen LogP contribution in [0.4, 0.5) is 0 Å². The Bertz CT molecular complexity index is 321. The zero-order valence-corrected chi connectivity index (χ0v) is 9.70. The minimum atomic E-state index is -0.0213. The highest BCUT2D eigenvalue weighted by atomic mass is 16.3. The highest BCUT2D eigenvalue weighted by Crippen LogP contribution is 2.18. The van der Waals surface area contributed by atoms with Crippen molar-refractivity contribution in [1.82, 2.24) is 0 Å². The van der Waals surface area contributed by atoms with Gasteiger partial charge in [-0.1, -0.05) is 43.4 Å². The van der Waals surface area contributed by atoms with Gasteiger partial charge in [-0.2, -0.15) is 0 Å². The van der Waals surface area contributed by atoms with Crippen molar-refractivity contribution in [2.75, 3.05) is 0 Å². The van der Waals surface area contributed by atoms with Crippen molar-refractivity contribution in [3.8, 4) is 0 Å². The third-order valence-corrected chi connectivity index (χ3v) is 1.91. The van der Waals surface area contributed by atoms with Gasteiger partial charge in [0.2, 0.25) is 5.88 Å². The smallest absolute Gasteiger partial charge is 0.213 e. The third kappa shape index (κ3) is 5.01. The van der Waals surface area contributed by atoms with Crippen molar-refractivity contribution >= 4 is 6.72 Å². The lowest BCUT2D eigenvalue weighted by atomic mass is 9.99. The van der Waals surface area contributed by atoms with Crippen molar-refractivity contribution in [2.24, 2.45) is 10.9 Å². The van der Waals surface area contributed by atoms with Gasteiger partial charge in [0.1, 0.15) is 0 Å². The molecule has 0 aliphatic heterocycles. The second kappa shape index (κ2) is 6.82. The number of aliphatic hydroxyl groups excluding tert-OH is 1. The molecule has 0 saturated carbocycles. The second-order valence-corrected chi connectivity index (χ2v) is 3.43. The van der Waals surface area contributed by atoms with E-state index in [9.17, 15) is 5.11 Å². The van der Waals surface area contributed by atoms with Crippen LogP contribution in [0.15, 0.2) is 52.9 Å². The summed E-state index contributed by atoms with van der Waals surface area (Å²) in [4.78, 5) is 3.53. The average Bonchev–Trinajstić information content (AvgIpc) is 2.21. The summed E-state index contributed by atoms with van der Waals surface area (Å²) in [7, 11) is 0. The predicted molar refractivity (Wildman–Crippen MR) is 67.1 cm³/mol. The molecule has 1 N–H and O–H groups in total. The lowest BCUT2D eigenvalue weighted by Gasteiger charge is -2.08. The molecule has 0 aromatic rings. The third-order valence-electron chi connectivity index (χ3n) is 1.91. The molecule has 0 aromatic heterocycles. The Balaban J connectivity index is 4.95. The summed E-state index contributed by atoms with van der Waals surface area (Å²) in [5.41, 5.74) is 1.73. The molecule has 1 unspecified atom stereocenters. The molecular weight excluding hydrogens is 186 g/mol. The van der Waals surface area contributed by atoms with Crippen LogP contribution in [0, 0.1) is 5.92 Å². The molecule has 2 heteroatoms. The summed E-state index contributed by atoms with van der Waals surface area (Å²) in [5, 5.41) is 9.53. The monoisotopic (exact) mass is 205 g/mol. The van der Waals surface area contributed by atoms with Gasteiger partial charge >= 0.3 is 0 Å². The molecule has 0 fully saturated rings. The number of rotatable bonds is 5. The highest BCUT2D eigenvalue weighted by molar-refractivity contribution is 5.34. The minimum absolute atomic E-state index is 0.0213. The van der Waals surface area contributed by atoms with E-state index in [0.29, 0.717) is 0 Å². The molecule has 0 heterocycles. The summed E-state index contributed by atoms with van der Waals surface area (Å²) >= 11 is 0. The Morgan fingerprint density at radius 3 is 2.40 bits per heavy atom. The molecule has 0 rings (SSSR count). The quantitative estimate of drug-likeness (QED) is 0.413. The first kappa shape index (κ1) is 13.4. The number of hydrogen-bond donors (Lipinski definition) is 1. The Hall–Kier alpha value is -1.57. The van der Waals surface area contributed by atoms with E-state index in [2.05, 4.69) is 18.3 Å². The number of aliphatic hydroxyl groups is 1. The molecule has 0 aliphatic rings. The van der Waals surface area contributed by atoms with Crippen molar-refractivity contribution in [1.29, 1.82) is 0 Å². The van der Waals surface area contributed by atoms with E-state index in [1.54, 1.807) is 0 Å². The maximum Gasteiger partial charge on any atom is 0.213 e. The van der Waals surface area contributed by atoms with Gasteiger partial charge < -0.3 is 5.11 Å². The van der Waals surface area contributed by atoms with E-state index >= 15 is 0 Å². The minimum Gasteiger partial charge on any atom is -0.493 e. The molecule has 1 atom stereocenters. The largest absolute Gasteiger partial charge is 0.493 e. The molecule has 15 heavy (non-hydrogen) atoms. The van der Waals surface area contributed by atoms with Gasteiger partial charge in [-0.05, 0) is 20.6 Å². The molecule has 0 amide bonds. The molecule has 82 valence electrons. The lowest BCUT2D eigenvalue weighted by Crippen LogP contribution is -1.97. The van der Waals surface area contributed by atoms with Gasteiger partial charge in [0, 0.05) is 11.5 Å². The van der Waals surface area contributed by atoms with Gasteiger partial charge in [-0.15, -0.1) is 0 Å². The van der Waals surface area contributed by atoms with Crippen LogP contribution in [0.3, 0.4) is 0 Å². The van der Waals surface area contributed by atoms with E-state index in [0.717, 1.165) is 11.1 Å². The Morgan fingerprint density at radius 2 is 2.00 bits per heavy atom. The molecule has 0 saturated heterocycles. The van der Waals surface area contributed by atoms with Gasteiger partial charge in [-0.3, -0.25) is 0 Å². The van der Waals surface area contributed by atoms with Crippen LogP contribution in [0.25, 0.3) is 0 Å². The fourth-order valence-electron chi connectivity index (χ4n) is 1.11. The first-order valence-electron chi connectivity index (χ1n) is 4.89. The van der Waals surface area contributed by atoms with Crippen molar-refractivity contribution < 1.29 is 5.11 Å². The van der Waals surface area contributed by atoms with Crippen molar-refractivity contribution in [3.63, 3.8) is 0 Å². The summed E-state index contributed by atoms with van der Waals surface area (Å²) < 4.78 is 0. The van der Waals surface area contributed by atoms with Crippen molar-refractivity contribution in [2.45, 2.75) is 20.8 Å². The second-order valence-electron chi connectivity index (χ2n) is 3.43. The first-order chi connectivity index (χ1) is 7.02. The number of aliphatic imine (C=N–C) groups is 1. The molecule has 0 radical (unpaired) electrons. The van der Waals surface area contributed by atoms with Gasteiger partial charge in [0.15, 0.2) is 0 Å². The van der Waals surface area contributed by atoms with E-state index in [-0.39, 0.29) is 11.8 Å². The fourth-order valence-corrected chi connectivity index (χ4v) is 1.11. The fraction of sp³-hybridized carbons (Fsp3) is 0.308. The summed E-state index contributed by atoms with van der Waals surface area (Å²) in [6, 6.07) is 0. The van der Waals surface area contributed by atoms with Crippen molar-refractivity contribution in [3.05, 3.63) is 47.9 Å². The van der Waals surface area contributed by atoms with Gasteiger partial charge in [0.25, 0.3) is 0 Å². The van der Waals surface area contributed by atoms with Crippen LogP contribution in [0.5, 0.6) is 0 Å². The normalized spacial score (nSPS) is 15.4. The standard InChI is InChI=1S/C13H19NO/c1-6-7-12(13(15)14-5)11(4)9-8-10(2)3/h6-9,11,15H,2,5H2,1,3-4H3/b7-6-,9-8-,13-12-. The van der Waals surface area contributed by atoms with E-state index in [1.165, 1.54) is 0 Å². The molecule has 0 aromatic carbocycles. The Labute approximate surface area is 92.0 Å². The topological polar surface area (TPSA) is 32.6 Å². The Morgan fingerprint density at radius 1 is 1.40 bits per heavy atom. The highest BCUT2D eigenvalue weighted by Gasteiger charge is 2.07. The maximum absolute atomic E-state index is 9.53. The molecule has 2 nitrogen and oxygen atoms in total. The Kier molecular flexibility index (Phi) is 6.11. The van der Waals surface area contributed by atoms with Crippen LogP contribution in [0.1, 0.15) is 20.8 Å². The molecule has 0 spiro atoms. The molecule has 0 bridgehead atoms. The van der Waals surface area contributed by atoms with E-state index in [4.69, 9.17) is 0 Å². The zero-order chi connectivity index (χ0) is 11.8. The number of hydrogen-bond acceptors (Lipinski definition) is 2. The van der Waals surface area contributed by atoms with Crippen LogP contribution in [-0.4, -0.2) is 11.8 Å². The predicted octanol–water partition coefficient (Wildman–Crippen LogP) is 3.80. The van der Waals surface area contributed by atoms with Crippen LogP contribution < -0.4 is 0 Å². The van der Waals surface area contributed by atoms with Crippen LogP contribution >= 0.6 is 0 Å².